The topological polar surface area (TPSA) is 36.7 Å². The quantitative estimate of drug-likeness (QED) is 0.771. The molecule has 0 amide bonds. The van der Waals surface area contributed by atoms with Crippen molar-refractivity contribution in [3.05, 3.63) is 28.8 Å². The third kappa shape index (κ3) is 1.87. The molecule has 0 N–H and O–H groups in total. The first-order valence-corrected chi connectivity index (χ1v) is 4.65. The molecular formula is C8H4BrF3N2. The molecule has 14 heavy (non-hydrogen) atoms. The molecule has 0 saturated heterocycles. The number of alkyl halides is 3. The summed E-state index contributed by atoms with van der Waals surface area (Å²) in [6, 6.07) is 1.52. The highest BCUT2D eigenvalue weighted by Crippen LogP contribution is 2.25. The van der Waals surface area contributed by atoms with Crippen LogP contribution in [0.2, 0.25) is 0 Å². The summed E-state index contributed by atoms with van der Waals surface area (Å²) in [7, 11) is 0. The number of hydrogen-bond donors (Lipinski definition) is 0. The first kappa shape index (κ1) is 11.0. The van der Waals surface area contributed by atoms with E-state index in [1.807, 2.05) is 0 Å². The average molecular weight is 265 g/mol. The number of aromatic nitrogens is 1. The molecule has 1 heterocycles. The maximum absolute atomic E-state index is 13.0. The van der Waals surface area contributed by atoms with Crippen LogP contribution >= 0.6 is 15.9 Å². The maximum atomic E-state index is 13.0. The lowest BCUT2D eigenvalue weighted by Gasteiger charge is -2.06. The van der Waals surface area contributed by atoms with E-state index in [1.165, 1.54) is 6.07 Å². The van der Waals surface area contributed by atoms with E-state index in [1.54, 1.807) is 0 Å². The summed E-state index contributed by atoms with van der Waals surface area (Å²) in [5.41, 5.74) is -1.15. The molecule has 0 saturated carbocycles. The Kier molecular flexibility index (Phi) is 3.47. The van der Waals surface area contributed by atoms with Crippen LogP contribution in [-0.2, 0) is 5.33 Å². The van der Waals surface area contributed by atoms with Gasteiger partial charge in [0.25, 0.3) is 6.43 Å². The largest absolute Gasteiger partial charge is 0.281 e. The van der Waals surface area contributed by atoms with Crippen molar-refractivity contribution in [2.24, 2.45) is 0 Å². The van der Waals surface area contributed by atoms with E-state index in [0.717, 1.165) is 0 Å². The second kappa shape index (κ2) is 4.42. The fourth-order valence-electron chi connectivity index (χ4n) is 0.964. The van der Waals surface area contributed by atoms with Crippen LogP contribution in [0, 0.1) is 17.1 Å². The first-order chi connectivity index (χ1) is 6.61. The molecule has 74 valence electrons. The van der Waals surface area contributed by atoms with Gasteiger partial charge >= 0.3 is 0 Å². The van der Waals surface area contributed by atoms with Crippen molar-refractivity contribution in [2.45, 2.75) is 11.8 Å². The Morgan fingerprint density at radius 1 is 1.57 bits per heavy atom. The Hall–Kier alpha value is -1.09. The molecule has 6 heteroatoms. The van der Waals surface area contributed by atoms with Crippen molar-refractivity contribution in [3.63, 3.8) is 0 Å². The molecule has 0 fully saturated rings. The second-order valence-corrected chi connectivity index (χ2v) is 2.95. The van der Waals surface area contributed by atoms with Crippen molar-refractivity contribution in [2.75, 3.05) is 0 Å². The van der Waals surface area contributed by atoms with Gasteiger partial charge in [0.05, 0.1) is 11.8 Å². The number of halogens is 4. The Morgan fingerprint density at radius 2 is 2.21 bits per heavy atom. The third-order valence-corrected chi connectivity index (χ3v) is 2.18. The van der Waals surface area contributed by atoms with Crippen molar-refractivity contribution >= 4 is 15.9 Å². The van der Waals surface area contributed by atoms with Gasteiger partial charge in [-0.05, 0) is 0 Å². The minimum atomic E-state index is -2.87. The van der Waals surface area contributed by atoms with E-state index in [0.29, 0.717) is 6.20 Å². The predicted molar refractivity (Wildman–Crippen MR) is 46.5 cm³/mol. The van der Waals surface area contributed by atoms with Crippen molar-refractivity contribution in [1.82, 2.24) is 4.98 Å². The average Bonchev–Trinajstić information content (AvgIpc) is 2.16. The number of nitrogens with zero attached hydrogens (tertiary/aromatic N) is 2. The maximum Gasteiger partial charge on any atom is 0.281 e. The highest BCUT2D eigenvalue weighted by molar-refractivity contribution is 9.08. The van der Waals surface area contributed by atoms with Gasteiger partial charge in [-0.3, -0.25) is 4.98 Å². The van der Waals surface area contributed by atoms with Crippen LogP contribution in [0.5, 0.6) is 0 Å². The summed E-state index contributed by atoms with van der Waals surface area (Å²) in [5, 5.41) is 8.60. The molecule has 2 nitrogen and oxygen atoms in total. The molecule has 1 aromatic heterocycles. The minimum absolute atomic E-state index is 0.00394. The minimum Gasteiger partial charge on any atom is -0.251 e. The number of hydrogen-bond acceptors (Lipinski definition) is 2. The van der Waals surface area contributed by atoms with Gasteiger partial charge in [-0.15, -0.1) is 0 Å². The lowest BCUT2D eigenvalue weighted by atomic mass is 10.1. The lowest BCUT2D eigenvalue weighted by molar-refractivity contribution is 0.145. The molecule has 0 radical (unpaired) electrons. The van der Waals surface area contributed by atoms with Crippen molar-refractivity contribution in [1.29, 1.82) is 5.26 Å². The molecule has 0 aliphatic rings. The summed E-state index contributed by atoms with van der Waals surface area (Å²) < 4.78 is 37.6. The van der Waals surface area contributed by atoms with E-state index < -0.39 is 23.5 Å². The Balaban J connectivity index is 3.43. The molecule has 0 spiro atoms. The predicted octanol–water partition coefficient (Wildman–Crippen LogP) is 2.92. The SMILES string of the molecule is N#Cc1c(C(F)F)ncc(F)c1CBr. The van der Waals surface area contributed by atoms with E-state index in [4.69, 9.17) is 5.26 Å². The summed E-state index contributed by atoms with van der Waals surface area (Å²) >= 11 is 2.92. The standard InChI is InChI=1S/C8H4BrF3N2/c9-1-4-5(2-13)7(8(11)12)14-3-6(4)10/h3,8H,1H2. The van der Waals surface area contributed by atoms with Gasteiger partial charge in [0.1, 0.15) is 17.6 Å². The van der Waals surface area contributed by atoms with Crippen LogP contribution in [0.25, 0.3) is 0 Å². The monoisotopic (exact) mass is 264 g/mol. The van der Waals surface area contributed by atoms with Crippen molar-refractivity contribution in [3.8, 4) is 6.07 Å². The molecular weight excluding hydrogens is 261 g/mol. The number of pyridine rings is 1. The molecule has 0 bridgehead atoms. The second-order valence-electron chi connectivity index (χ2n) is 2.39. The lowest BCUT2D eigenvalue weighted by Crippen LogP contribution is -2.02. The van der Waals surface area contributed by atoms with Gasteiger partial charge in [0.15, 0.2) is 0 Å². The highest BCUT2D eigenvalue weighted by atomic mass is 79.9. The van der Waals surface area contributed by atoms with Gasteiger partial charge < -0.3 is 0 Å². The van der Waals surface area contributed by atoms with Crippen LogP contribution < -0.4 is 0 Å². The smallest absolute Gasteiger partial charge is 0.251 e. The molecule has 1 rings (SSSR count). The van der Waals surface area contributed by atoms with Crippen LogP contribution in [0.4, 0.5) is 13.2 Å². The molecule has 0 aliphatic heterocycles. The van der Waals surface area contributed by atoms with Gasteiger partial charge in [-0.2, -0.15) is 5.26 Å². The van der Waals surface area contributed by atoms with E-state index in [-0.39, 0.29) is 10.9 Å². The van der Waals surface area contributed by atoms with E-state index in [2.05, 4.69) is 20.9 Å². The van der Waals surface area contributed by atoms with Crippen LogP contribution in [0.15, 0.2) is 6.20 Å². The van der Waals surface area contributed by atoms with Gasteiger partial charge in [-0.1, -0.05) is 15.9 Å². The Bertz CT molecular complexity index is 387. The zero-order chi connectivity index (χ0) is 10.7. The van der Waals surface area contributed by atoms with Gasteiger partial charge in [0.2, 0.25) is 0 Å². The zero-order valence-corrected chi connectivity index (χ0v) is 8.35. The van der Waals surface area contributed by atoms with Crippen LogP contribution in [0.3, 0.4) is 0 Å². The fourth-order valence-corrected chi connectivity index (χ4v) is 1.51. The summed E-state index contributed by atoms with van der Waals surface area (Å²) in [5.74, 6) is -0.761. The zero-order valence-electron chi connectivity index (χ0n) is 6.77. The molecule has 0 aromatic carbocycles. The van der Waals surface area contributed by atoms with E-state index >= 15 is 0 Å². The first-order valence-electron chi connectivity index (χ1n) is 3.53. The van der Waals surface area contributed by atoms with Crippen LogP contribution in [0.1, 0.15) is 23.2 Å². The fraction of sp³-hybridized carbons (Fsp3) is 0.250. The Labute approximate surface area is 86.5 Å². The van der Waals surface area contributed by atoms with Gasteiger partial charge in [-0.25, -0.2) is 13.2 Å². The molecule has 1 aromatic rings. The van der Waals surface area contributed by atoms with Crippen LogP contribution in [-0.4, -0.2) is 4.98 Å². The number of rotatable bonds is 2. The summed E-state index contributed by atoms with van der Waals surface area (Å²) in [4.78, 5) is 3.19. The highest BCUT2D eigenvalue weighted by Gasteiger charge is 2.20. The van der Waals surface area contributed by atoms with Gasteiger partial charge in [0, 0.05) is 10.9 Å². The summed E-state index contributed by atoms with van der Waals surface area (Å²) in [6.07, 6.45) is -2.18. The van der Waals surface area contributed by atoms with E-state index in [9.17, 15) is 13.2 Å². The molecule has 0 aliphatic carbocycles. The Morgan fingerprint density at radius 3 is 2.64 bits per heavy atom. The number of nitriles is 1. The molecule has 0 unspecified atom stereocenters. The summed E-state index contributed by atoms with van der Waals surface area (Å²) in [6.45, 7) is 0. The third-order valence-electron chi connectivity index (χ3n) is 1.62. The molecule has 0 atom stereocenters. The normalized spacial score (nSPS) is 10.3. The van der Waals surface area contributed by atoms with Crippen molar-refractivity contribution < 1.29 is 13.2 Å².